The molecule has 4 nitrogen and oxygen atoms in total. The van der Waals surface area contributed by atoms with Crippen molar-refractivity contribution in [1.82, 2.24) is 15.0 Å². The SMILES string of the molecule is Cc1nc(NCc2ccc(Cl)cc2)cc(-c2cncc(-c3ccccc3)c2)n1. The van der Waals surface area contributed by atoms with Crippen LogP contribution in [0.1, 0.15) is 11.4 Å². The first-order chi connectivity index (χ1) is 13.7. The van der Waals surface area contributed by atoms with Crippen molar-refractivity contribution in [2.45, 2.75) is 13.5 Å². The summed E-state index contributed by atoms with van der Waals surface area (Å²) < 4.78 is 0. The third-order valence-corrected chi connectivity index (χ3v) is 4.62. The van der Waals surface area contributed by atoms with Crippen LogP contribution in [0.15, 0.2) is 79.1 Å². The van der Waals surface area contributed by atoms with Crippen LogP contribution >= 0.6 is 11.6 Å². The lowest BCUT2D eigenvalue weighted by Crippen LogP contribution is -2.04. The summed E-state index contributed by atoms with van der Waals surface area (Å²) >= 11 is 5.95. The van der Waals surface area contributed by atoms with E-state index in [1.807, 2.05) is 67.8 Å². The van der Waals surface area contributed by atoms with Crippen molar-refractivity contribution in [3.05, 3.63) is 95.5 Å². The first kappa shape index (κ1) is 18.1. The summed E-state index contributed by atoms with van der Waals surface area (Å²) in [6, 6.07) is 22.0. The summed E-state index contributed by atoms with van der Waals surface area (Å²) in [5.41, 5.74) is 5.13. The molecule has 28 heavy (non-hydrogen) atoms. The second-order valence-electron chi connectivity index (χ2n) is 6.49. The van der Waals surface area contributed by atoms with Crippen LogP contribution in [0.3, 0.4) is 0 Å². The molecule has 0 aliphatic heterocycles. The van der Waals surface area contributed by atoms with Crippen LogP contribution in [0.25, 0.3) is 22.4 Å². The quantitative estimate of drug-likeness (QED) is 0.472. The van der Waals surface area contributed by atoms with Crippen LogP contribution in [-0.4, -0.2) is 15.0 Å². The first-order valence-corrected chi connectivity index (χ1v) is 9.40. The fraction of sp³-hybridized carbons (Fsp3) is 0.0870. The molecule has 0 aliphatic rings. The Kier molecular flexibility index (Phi) is 5.31. The summed E-state index contributed by atoms with van der Waals surface area (Å²) in [5.74, 6) is 1.49. The second kappa shape index (κ2) is 8.19. The van der Waals surface area contributed by atoms with Gasteiger partial charge < -0.3 is 5.32 Å². The molecule has 0 saturated heterocycles. The van der Waals surface area contributed by atoms with E-state index in [0.29, 0.717) is 12.4 Å². The van der Waals surface area contributed by atoms with Gasteiger partial charge in [-0.05, 0) is 36.2 Å². The summed E-state index contributed by atoms with van der Waals surface area (Å²) in [6.07, 6.45) is 3.70. The number of hydrogen-bond acceptors (Lipinski definition) is 4. The van der Waals surface area contributed by atoms with Crippen LogP contribution in [0.2, 0.25) is 5.02 Å². The van der Waals surface area contributed by atoms with Crippen LogP contribution < -0.4 is 5.32 Å². The molecule has 0 atom stereocenters. The predicted molar refractivity (Wildman–Crippen MR) is 114 cm³/mol. The molecule has 138 valence electrons. The van der Waals surface area contributed by atoms with Crippen molar-refractivity contribution in [1.29, 1.82) is 0 Å². The van der Waals surface area contributed by atoms with Gasteiger partial charge in [0.2, 0.25) is 0 Å². The number of nitrogens with zero attached hydrogens (tertiary/aromatic N) is 3. The minimum Gasteiger partial charge on any atom is -0.366 e. The van der Waals surface area contributed by atoms with E-state index in [-0.39, 0.29) is 0 Å². The van der Waals surface area contributed by atoms with E-state index >= 15 is 0 Å². The molecule has 4 aromatic rings. The van der Waals surface area contributed by atoms with Gasteiger partial charge in [-0.15, -0.1) is 0 Å². The minimum absolute atomic E-state index is 0.662. The molecule has 2 aromatic carbocycles. The molecular formula is C23H19ClN4. The Morgan fingerprint density at radius 2 is 1.57 bits per heavy atom. The van der Waals surface area contributed by atoms with Crippen LogP contribution in [0.4, 0.5) is 5.82 Å². The Balaban J connectivity index is 1.59. The van der Waals surface area contributed by atoms with Crippen LogP contribution in [0, 0.1) is 6.92 Å². The first-order valence-electron chi connectivity index (χ1n) is 9.02. The molecule has 0 radical (unpaired) electrons. The number of nitrogens with one attached hydrogen (secondary N) is 1. The fourth-order valence-electron chi connectivity index (χ4n) is 2.97. The van der Waals surface area contributed by atoms with E-state index in [4.69, 9.17) is 11.6 Å². The molecule has 0 fully saturated rings. The maximum atomic E-state index is 5.95. The van der Waals surface area contributed by atoms with Gasteiger partial charge in [0, 0.05) is 41.2 Å². The molecule has 1 N–H and O–H groups in total. The number of benzene rings is 2. The van der Waals surface area contributed by atoms with E-state index in [1.54, 1.807) is 0 Å². The van der Waals surface area contributed by atoms with Crippen molar-refractivity contribution in [3.8, 4) is 22.4 Å². The summed E-state index contributed by atoms with van der Waals surface area (Å²) in [5, 5.41) is 4.09. The lowest BCUT2D eigenvalue weighted by Gasteiger charge is -2.10. The molecular weight excluding hydrogens is 368 g/mol. The van der Waals surface area contributed by atoms with Crippen molar-refractivity contribution in [2.75, 3.05) is 5.32 Å². The lowest BCUT2D eigenvalue weighted by atomic mass is 10.0. The van der Waals surface area contributed by atoms with Gasteiger partial charge in [0.1, 0.15) is 11.6 Å². The van der Waals surface area contributed by atoms with Gasteiger partial charge in [-0.2, -0.15) is 0 Å². The number of hydrogen-bond donors (Lipinski definition) is 1. The number of anilines is 1. The summed E-state index contributed by atoms with van der Waals surface area (Å²) in [6.45, 7) is 2.56. The number of halogens is 1. The highest BCUT2D eigenvalue weighted by Gasteiger charge is 2.07. The molecule has 2 aromatic heterocycles. The van der Waals surface area contributed by atoms with E-state index < -0.39 is 0 Å². The summed E-state index contributed by atoms with van der Waals surface area (Å²) in [4.78, 5) is 13.5. The Bertz CT molecular complexity index is 1080. The Morgan fingerprint density at radius 1 is 0.821 bits per heavy atom. The highest BCUT2D eigenvalue weighted by atomic mass is 35.5. The summed E-state index contributed by atoms with van der Waals surface area (Å²) in [7, 11) is 0. The molecule has 5 heteroatoms. The zero-order valence-electron chi connectivity index (χ0n) is 15.4. The van der Waals surface area contributed by atoms with E-state index in [0.717, 1.165) is 38.8 Å². The monoisotopic (exact) mass is 386 g/mol. The molecule has 0 amide bonds. The van der Waals surface area contributed by atoms with Crippen molar-refractivity contribution in [2.24, 2.45) is 0 Å². The number of aryl methyl sites for hydroxylation is 1. The third kappa shape index (κ3) is 4.35. The smallest absolute Gasteiger partial charge is 0.130 e. The molecule has 2 heterocycles. The second-order valence-corrected chi connectivity index (χ2v) is 6.93. The Morgan fingerprint density at radius 3 is 2.36 bits per heavy atom. The maximum Gasteiger partial charge on any atom is 0.130 e. The van der Waals surface area contributed by atoms with E-state index in [1.165, 1.54) is 0 Å². The zero-order valence-corrected chi connectivity index (χ0v) is 16.2. The maximum absolute atomic E-state index is 5.95. The highest BCUT2D eigenvalue weighted by Crippen LogP contribution is 2.25. The molecule has 0 spiro atoms. The van der Waals surface area contributed by atoms with Gasteiger partial charge in [0.15, 0.2) is 0 Å². The van der Waals surface area contributed by atoms with E-state index in [9.17, 15) is 0 Å². The number of pyridine rings is 1. The Hall–Kier alpha value is -3.24. The number of aromatic nitrogens is 3. The molecule has 0 unspecified atom stereocenters. The predicted octanol–water partition coefficient (Wildman–Crippen LogP) is 5.78. The molecule has 0 bridgehead atoms. The minimum atomic E-state index is 0.662. The molecule has 4 rings (SSSR count). The van der Waals surface area contributed by atoms with Crippen LogP contribution in [-0.2, 0) is 6.54 Å². The van der Waals surface area contributed by atoms with Gasteiger partial charge in [0.25, 0.3) is 0 Å². The molecule has 0 aliphatic carbocycles. The zero-order chi connectivity index (χ0) is 19.3. The van der Waals surface area contributed by atoms with Gasteiger partial charge in [-0.1, -0.05) is 54.1 Å². The lowest BCUT2D eigenvalue weighted by molar-refractivity contribution is 1.03. The fourth-order valence-corrected chi connectivity index (χ4v) is 3.10. The molecule has 0 saturated carbocycles. The standard InChI is InChI=1S/C23H19ClN4/c1-16-27-22(12-23(28-16)26-13-17-7-9-21(24)10-8-17)20-11-19(14-25-15-20)18-5-3-2-4-6-18/h2-12,14-15H,13H2,1H3,(H,26,27,28). The topological polar surface area (TPSA) is 50.7 Å². The van der Waals surface area contributed by atoms with Gasteiger partial charge >= 0.3 is 0 Å². The van der Waals surface area contributed by atoms with Crippen molar-refractivity contribution < 1.29 is 0 Å². The number of rotatable bonds is 5. The van der Waals surface area contributed by atoms with Gasteiger partial charge in [-0.3, -0.25) is 4.98 Å². The average molecular weight is 387 g/mol. The van der Waals surface area contributed by atoms with Gasteiger partial charge in [-0.25, -0.2) is 9.97 Å². The van der Waals surface area contributed by atoms with Gasteiger partial charge in [0.05, 0.1) is 5.69 Å². The third-order valence-electron chi connectivity index (χ3n) is 4.37. The van der Waals surface area contributed by atoms with Crippen LogP contribution in [0.5, 0.6) is 0 Å². The van der Waals surface area contributed by atoms with E-state index in [2.05, 4.69) is 38.5 Å². The Labute approximate surface area is 169 Å². The van der Waals surface area contributed by atoms with Crippen molar-refractivity contribution >= 4 is 17.4 Å². The normalized spacial score (nSPS) is 10.6. The largest absolute Gasteiger partial charge is 0.366 e. The average Bonchev–Trinajstić information content (AvgIpc) is 2.74. The highest BCUT2D eigenvalue weighted by molar-refractivity contribution is 6.30. The van der Waals surface area contributed by atoms with Crippen molar-refractivity contribution in [3.63, 3.8) is 0 Å².